The van der Waals surface area contributed by atoms with E-state index in [9.17, 15) is 0 Å². The molecule has 13 heavy (non-hydrogen) atoms. The van der Waals surface area contributed by atoms with Crippen molar-refractivity contribution in [3.05, 3.63) is 6.92 Å². The SMILES string of the molecule is [CH2]C1(CC)COC(CC)(CC)OC1. The summed E-state index contributed by atoms with van der Waals surface area (Å²) in [6.07, 6.45) is 2.85. The van der Waals surface area contributed by atoms with Crippen LogP contribution in [0.3, 0.4) is 0 Å². The van der Waals surface area contributed by atoms with Crippen LogP contribution < -0.4 is 0 Å². The van der Waals surface area contributed by atoms with E-state index >= 15 is 0 Å². The molecule has 1 fully saturated rings. The fourth-order valence-electron chi connectivity index (χ4n) is 1.51. The molecule has 1 aliphatic rings. The van der Waals surface area contributed by atoms with Crippen molar-refractivity contribution in [2.45, 2.75) is 45.8 Å². The van der Waals surface area contributed by atoms with Crippen LogP contribution in [0.5, 0.6) is 0 Å². The highest BCUT2D eigenvalue weighted by Gasteiger charge is 2.39. The summed E-state index contributed by atoms with van der Waals surface area (Å²) < 4.78 is 11.6. The van der Waals surface area contributed by atoms with Gasteiger partial charge in [0.2, 0.25) is 0 Å². The van der Waals surface area contributed by atoms with E-state index < -0.39 is 0 Å². The average molecular weight is 185 g/mol. The van der Waals surface area contributed by atoms with Crippen molar-refractivity contribution in [2.75, 3.05) is 13.2 Å². The molecular weight excluding hydrogens is 164 g/mol. The van der Waals surface area contributed by atoms with Gasteiger partial charge in [-0.1, -0.05) is 20.8 Å². The van der Waals surface area contributed by atoms with Crippen LogP contribution in [0.25, 0.3) is 0 Å². The van der Waals surface area contributed by atoms with Crippen LogP contribution in [0.4, 0.5) is 0 Å². The molecule has 2 heteroatoms. The molecule has 1 saturated heterocycles. The second kappa shape index (κ2) is 3.97. The summed E-state index contributed by atoms with van der Waals surface area (Å²) in [5.41, 5.74) is -0.0200. The Kier molecular flexibility index (Phi) is 3.36. The minimum absolute atomic E-state index is 0.0200. The van der Waals surface area contributed by atoms with E-state index in [1.165, 1.54) is 0 Å². The lowest BCUT2D eigenvalue weighted by atomic mass is 9.88. The monoisotopic (exact) mass is 185 g/mol. The van der Waals surface area contributed by atoms with Crippen molar-refractivity contribution in [3.63, 3.8) is 0 Å². The van der Waals surface area contributed by atoms with Gasteiger partial charge in [0.1, 0.15) is 0 Å². The fraction of sp³-hybridized carbons (Fsp3) is 0.909. The Morgan fingerprint density at radius 1 is 1.00 bits per heavy atom. The highest BCUT2D eigenvalue weighted by molar-refractivity contribution is 4.86. The highest BCUT2D eigenvalue weighted by atomic mass is 16.7. The summed E-state index contributed by atoms with van der Waals surface area (Å²) >= 11 is 0. The number of rotatable bonds is 3. The van der Waals surface area contributed by atoms with Crippen LogP contribution in [0.1, 0.15) is 40.0 Å². The number of hydrogen-bond donors (Lipinski definition) is 0. The largest absolute Gasteiger partial charge is 0.349 e. The molecule has 1 heterocycles. The van der Waals surface area contributed by atoms with Gasteiger partial charge in [0.15, 0.2) is 5.79 Å². The van der Waals surface area contributed by atoms with Gasteiger partial charge in [-0.05, 0) is 26.2 Å². The van der Waals surface area contributed by atoms with Gasteiger partial charge in [-0.3, -0.25) is 0 Å². The Balaban J connectivity index is 2.54. The minimum Gasteiger partial charge on any atom is -0.349 e. The van der Waals surface area contributed by atoms with E-state index in [4.69, 9.17) is 9.47 Å². The van der Waals surface area contributed by atoms with Crippen LogP contribution in [0.2, 0.25) is 0 Å². The second-order valence-corrected chi connectivity index (χ2v) is 4.05. The molecule has 1 radical (unpaired) electrons. The topological polar surface area (TPSA) is 18.5 Å². The summed E-state index contributed by atoms with van der Waals surface area (Å²) in [6, 6.07) is 0. The predicted octanol–water partition coefficient (Wildman–Crippen LogP) is 2.78. The molecule has 0 unspecified atom stereocenters. The molecule has 0 aliphatic carbocycles. The van der Waals surface area contributed by atoms with Gasteiger partial charge in [0.25, 0.3) is 0 Å². The van der Waals surface area contributed by atoms with Crippen LogP contribution >= 0.6 is 0 Å². The van der Waals surface area contributed by atoms with Crippen LogP contribution in [-0.2, 0) is 9.47 Å². The van der Waals surface area contributed by atoms with E-state index in [1.54, 1.807) is 0 Å². The van der Waals surface area contributed by atoms with Gasteiger partial charge >= 0.3 is 0 Å². The lowest BCUT2D eigenvalue weighted by Crippen LogP contribution is -2.47. The quantitative estimate of drug-likeness (QED) is 0.673. The zero-order chi connectivity index (χ0) is 9.95. The summed E-state index contributed by atoms with van der Waals surface area (Å²) in [5, 5.41) is 0. The molecule has 0 aromatic rings. The first kappa shape index (κ1) is 11.0. The van der Waals surface area contributed by atoms with Crippen LogP contribution in [-0.4, -0.2) is 19.0 Å². The van der Waals surface area contributed by atoms with Crippen molar-refractivity contribution in [1.29, 1.82) is 0 Å². The van der Waals surface area contributed by atoms with E-state index in [0.29, 0.717) is 0 Å². The van der Waals surface area contributed by atoms with Gasteiger partial charge in [-0.25, -0.2) is 0 Å². The molecule has 0 amide bonds. The molecule has 0 bridgehead atoms. The van der Waals surface area contributed by atoms with Gasteiger partial charge in [-0.2, -0.15) is 0 Å². The van der Waals surface area contributed by atoms with Crippen molar-refractivity contribution in [2.24, 2.45) is 5.41 Å². The Hall–Kier alpha value is -0.0800. The van der Waals surface area contributed by atoms with E-state index in [2.05, 4.69) is 27.7 Å². The normalized spacial score (nSPS) is 25.8. The average Bonchev–Trinajstić information content (AvgIpc) is 2.20. The summed E-state index contributed by atoms with van der Waals surface area (Å²) in [4.78, 5) is 0. The lowest BCUT2D eigenvalue weighted by molar-refractivity contribution is -0.299. The first-order chi connectivity index (χ1) is 6.10. The second-order valence-electron chi connectivity index (χ2n) is 4.05. The third-order valence-electron chi connectivity index (χ3n) is 3.11. The Morgan fingerprint density at radius 3 is 1.77 bits per heavy atom. The van der Waals surface area contributed by atoms with Crippen molar-refractivity contribution < 1.29 is 9.47 Å². The zero-order valence-corrected chi connectivity index (χ0v) is 9.06. The molecule has 0 atom stereocenters. The molecule has 2 nitrogen and oxygen atoms in total. The summed E-state index contributed by atoms with van der Waals surface area (Å²) in [7, 11) is 0. The van der Waals surface area contributed by atoms with E-state index in [1.807, 2.05) is 0 Å². The van der Waals surface area contributed by atoms with Gasteiger partial charge < -0.3 is 9.47 Å². The Bertz CT molecular complexity index is 151. The zero-order valence-electron chi connectivity index (χ0n) is 9.06. The fourth-order valence-corrected chi connectivity index (χ4v) is 1.51. The number of ether oxygens (including phenoxy) is 2. The van der Waals surface area contributed by atoms with Gasteiger partial charge in [0.05, 0.1) is 13.2 Å². The minimum atomic E-state index is -0.323. The van der Waals surface area contributed by atoms with Crippen LogP contribution in [0.15, 0.2) is 0 Å². The molecule has 1 aliphatic heterocycles. The smallest absolute Gasteiger partial charge is 0.167 e. The first-order valence-corrected chi connectivity index (χ1v) is 5.23. The van der Waals surface area contributed by atoms with Gasteiger partial charge in [0, 0.05) is 5.41 Å². The predicted molar refractivity (Wildman–Crippen MR) is 53.3 cm³/mol. The van der Waals surface area contributed by atoms with E-state index in [0.717, 1.165) is 32.5 Å². The molecule has 0 saturated carbocycles. The van der Waals surface area contributed by atoms with E-state index in [-0.39, 0.29) is 11.2 Å². The van der Waals surface area contributed by atoms with Crippen molar-refractivity contribution in [1.82, 2.24) is 0 Å². The van der Waals surface area contributed by atoms with Crippen molar-refractivity contribution >= 4 is 0 Å². The highest BCUT2D eigenvalue weighted by Crippen LogP contribution is 2.35. The molecule has 0 N–H and O–H groups in total. The molecular formula is C11H21O2. The molecule has 0 spiro atoms. The maximum Gasteiger partial charge on any atom is 0.167 e. The first-order valence-electron chi connectivity index (χ1n) is 5.23. The Morgan fingerprint density at radius 2 is 1.46 bits per heavy atom. The standard InChI is InChI=1S/C11H21O2/c1-5-10(4)8-12-11(6-2,7-3)13-9-10/h4-9H2,1-3H3. The number of hydrogen-bond acceptors (Lipinski definition) is 2. The molecule has 77 valence electrons. The third-order valence-corrected chi connectivity index (χ3v) is 3.11. The summed E-state index contributed by atoms with van der Waals surface area (Å²) in [5.74, 6) is -0.323. The lowest BCUT2D eigenvalue weighted by Gasteiger charge is -2.43. The maximum atomic E-state index is 5.79. The maximum absolute atomic E-state index is 5.79. The molecule has 0 aromatic heterocycles. The third kappa shape index (κ3) is 2.23. The van der Waals surface area contributed by atoms with Crippen LogP contribution in [0, 0.1) is 12.3 Å². The summed E-state index contributed by atoms with van der Waals surface area (Å²) in [6.45, 7) is 11.9. The molecule has 0 aromatic carbocycles. The molecule has 1 rings (SSSR count). The van der Waals surface area contributed by atoms with Crippen molar-refractivity contribution in [3.8, 4) is 0 Å². The Labute approximate surface area is 81.6 Å². The van der Waals surface area contributed by atoms with Gasteiger partial charge in [-0.15, -0.1) is 0 Å².